The number of hydrogen-bond acceptors (Lipinski definition) is 4. The van der Waals surface area contributed by atoms with E-state index in [0.717, 1.165) is 25.9 Å². The SMILES string of the molecule is O=C1CCN(c2ccc(NC(=O)C3CCNCC3)cc2)C(=O)N1. The standard InChI is InChI=1S/C16H20N4O3/c21-14-7-10-20(16(23)19-14)13-3-1-12(2-4-13)18-15(22)11-5-8-17-9-6-11/h1-4,11,17H,5-10H2,(H,18,22)(H,19,21,23). The van der Waals surface area contributed by atoms with E-state index in [0.29, 0.717) is 24.3 Å². The molecule has 0 radical (unpaired) electrons. The number of urea groups is 1. The highest BCUT2D eigenvalue weighted by atomic mass is 16.2. The summed E-state index contributed by atoms with van der Waals surface area (Å²) in [5.41, 5.74) is 1.42. The molecule has 0 saturated carbocycles. The van der Waals surface area contributed by atoms with E-state index in [2.05, 4.69) is 16.0 Å². The summed E-state index contributed by atoms with van der Waals surface area (Å²) in [6.07, 6.45) is 2.00. The molecule has 2 saturated heterocycles. The van der Waals surface area contributed by atoms with Gasteiger partial charge in [0.25, 0.3) is 0 Å². The Bertz CT molecular complexity index is 608. The van der Waals surface area contributed by atoms with Crippen molar-refractivity contribution in [3.05, 3.63) is 24.3 Å². The molecule has 2 aliphatic heterocycles. The lowest BCUT2D eigenvalue weighted by Crippen LogP contribution is -2.49. The average molecular weight is 316 g/mol. The van der Waals surface area contributed by atoms with Crippen molar-refractivity contribution in [2.24, 2.45) is 5.92 Å². The molecule has 0 aromatic heterocycles. The molecule has 23 heavy (non-hydrogen) atoms. The average Bonchev–Trinajstić information content (AvgIpc) is 2.57. The zero-order chi connectivity index (χ0) is 16.2. The number of imide groups is 1. The minimum Gasteiger partial charge on any atom is -0.326 e. The predicted octanol–water partition coefficient (Wildman–Crippen LogP) is 1.07. The maximum atomic E-state index is 12.2. The number of piperidine rings is 1. The number of nitrogens with zero attached hydrogens (tertiary/aromatic N) is 1. The molecule has 0 atom stereocenters. The number of amides is 4. The van der Waals surface area contributed by atoms with Crippen molar-refractivity contribution < 1.29 is 14.4 Å². The zero-order valence-electron chi connectivity index (χ0n) is 12.8. The quantitative estimate of drug-likeness (QED) is 0.778. The van der Waals surface area contributed by atoms with E-state index in [-0.39, 0.29) is 17.7 Å². The fraction of sp³-hybridized carbons (Fsp3) is 0.438. The number of anilines is 2. The van der Waals surface area contributed by atoms with Crippen molar-refractivity contribution in [2.45, 2.75) is 19.3 Å². The first-order chi connectivity index (χ1) is 11.1. The minimum atomic E-state index is -0.409. The number of carbonyl (C=O) groups excluding carboxylic acids is 3. The molecule has 0 spiro atoms. The molecular weight excluding hydrogens is 296 g/mol. The summed E-state index contributed by atoms with van der Waals surface area (Å²) < 4.78 is 0. The van der Waals surface area contributed by atoms with Crippen LogP contribution < -0.4 is 20.9 Å². The van der Waals surface area contributed by atoms with Gasteiger partial charge < -0.3 is 10.6 Å². The summed E-state index contributed by atoms with van der Waals surface area (Å²) in [6.45, 7) is 2.12. The van der Waals surface area contributed by atoms with Crippen LogP contribution in [0.4, 0.5) is 16.2 Å². The van der Waals surface area contributed by atoms with E-state index in [1.165, 1.54) is 4.90 Å². The molecule has 1 aromatic carbocycles. The summed E-state index contributed by atoms with van der Waals surface area (Å²) in [5.74, 6) is -0.160. The lowest BCUT2D eigenvalue weighted by Gasteiger charge is -2.26. The van der Waals surface area contributed by atoms with E-state index >= 15 is 0 Å². The number of carbonyl (C=O) groups is 3. The Hall–Kier alpha value is -2.41. The maximum Gasteiger partial charge on any atom is 0.328 e. The minimum absolute atomic E-state index is 0.0422. The molecule has 0 aliphatic carbocycles. The van der Waals surface area contributed by atoms with Crippen LogP contribution in [0, 0.1) is 5.92 Å². The highest BCUT2D eigenvalue weighted by molar-refractivity contribution is 6.05. The van der Waals surface area contributed by atoms with E-state index in [1.807, 2.05) is 0 Å². The van der Waals surface area contributed by atoms with Crippen LogP contribution >= 0.6 is 0 Å². The van der Waals surface area contributed by atoms with Gasteiger partial charge in [-0.15, -0.1) is 0 Å². The van der Waals surface area contributed by atoms with Crippen LogP contribution in [0.2, 0.25) is 0 Å². The van der Waals surface area contributed by atoms with Crippen LogP contribution in [0.1, 0.15) is 19.3 Å². The molecule has 0 bridgehead atoms. The second kappa shape index (κ2) is 6.78. The van der Waals surface area contributed by atoms with Gasteiger partial charge in [0.2, 0.25) is 11.8 Å². The van der Waals surface area contributed by atoms with Gasteiger partial charge in [0, 0.05) is 30.3 Å². The van der Waals surface area contributed by atoms with E-state index in [9.17, 15) is 14.4 Å². The van der Waals surface area contributed by atoms with Gasteiger partial charge in [0.1, 0.15) is 0 Å². The van der Waals surface area contributed by atoms with Crippen molar-refractivity contribution in [3.8, 4) is 0 Å². The normalized spacial score (nSPS) is 19.4. The Balaban J connectivity index is 1.61. The molecule has 2 aliphatic rings. The highest BCUT2D eigenvalue weighted by Crippen LogP contribution is 2.21. The summed E-state index contributed by atoms with van der Waals surface area (Å²) in [5, 5.41) is 8.45. The van der Waals surface area contributed by atoms with Crippen LogP contribution in [0.15, 0.2) is 24.3 Å². The molecular formula is C16H20N4O3. The summed E-state index contributed by atoms with van der Waals surface area (Å²) in [4.78, 5) is 36.7. The second-order valence-corrected chi connectivity index (χ2v) is 5.82. The Morgan fingerprint density at radius 2 is 1.83 bits per heavy atom. The smallest absolute Gasteiger partial charge is 0.326 e. The molecule has 7 heteroatoms. The number of benzene rings is 1. The number of rotatable bonds is 3. The van der Waals surface area contributed by atoms with E-state index < -0.39 is 6.03 Å². The maximum absolute atomic E-state index is 12.2. The van der Waals surface area contributed by atoms with Gasteiger partial charge in [-0.2, -0.15) is 0 Å². The third-order valence-corrected chi connectivity index (χ3v) is 4.21. The summed E-state index contributed by atoms with van der Waals surface area (Å²) >= 11 is 0. The first-order valence-corrected chi connectivity index (χ1v) is 7.86. The van der Waals surface area contributed by atoms with Gasteiger partial charge in [-0.1, -0.05) is 0 Å². The van der Waals surface area contributed by atoms with Crippen LogP contribution in [-0.2, 0) is 9.59 Å². The van der Waals surface area contributed by atoms with Gasteiger partial charge in [-0.25, -0.2) is 4.79 Å². The monoisotopic (exact) mass is 316 g/mol. The fourth-order valence-electron chi connectivity index (χ4n) is 2.86. The lowest BCUT2D eigenvalue weighted by molar-refractivity contribution is -0.121. The topological polar surface area (TPSA) is 90.5 Å². The van der Waals surface area contributed by atoms with Crippen molar-refractivity contribution in [1.82, 2.24) is 10.6 Å². The van der Waals surface area contributed by atoms with Crippen molar-refractivity contribution in [3.63, 3.8) is 0 Å². The fourth-order valence-corrected chi connectivity index (χ4v) is 2.86. The summed E-state index contributed by atoms with van der Waals surface area (Å²) in [6, 6.07) is 6.68. The molecule has 2 heterocycles. The lowest BCUT2D eigenvalue weighted by atomic mass is 9.97. The van der Waals surface area contributed by atoms with Gasteiger partial charge in [-0.3, -0.25) is 19.8 Å². The zero-order valence-corrected chi connectivity index (χ0v) is 12.8. The molecule has 0 unspecified atom stereocenters. The van der Waals surface area contributed by atoms with Gasteiger partial charge in [0.05, 0.1) is 0 Å². The van der Waals surface area contributed by atoms with Crippen LogP contribution in [0.5, 0.6) is 0 Å². The Kier molecular flexibility index (Phi) is 4.57. The van der Waals surface area contributed by atoms with Crippen LogP contribution in [0.25, 0.3) is 0 Å². The van der Waals surface area contributed by atoms with Gasteiger partial charge >= 0.3 is 6.03 Å². The molecule has 122 valence electrons. The Morgan fingerprint density at radius 1 is 1.13 bits per heavy atom. The van der Waals surface area contributed by atoms with E-state index in [4.69, 9.17) is 0 Å². The molecule has 3 rings (SSSR count). The Labute approximate surface area is 134 Å². The third-order valence-electron chi connectivity index (χ3n) is 4.21. The molecule has 7 nitrogen and oxygen atoms in total. The summed E-state index contributed by atoms with van der Waals surface area (Å²) in [7, 11) is 0. The number of hydrogen-bond donors (Lipinski definition) is 3. The molecule has 1 aromatic rings. The largest absolute Gasteiger partial charge is 0.328 e. The predicted molar refractivity (Wildman–Crippen MR) is 86.2 cm³/mol. The van der Waals surface area contributed by atoms with Gasteiger partial charge in [0.15, 0.2) is 0 Å². The number of nitrogens with one attached hydrogen (secondary N) is 3. The third kappa shape index (κ3) is 3.68. The van der Waals surface area contributed by atoms with Gasteiger partial charge in [-0.05, 0) is 50.2 Å². The van der Waals surface area contributed by atoms with Crippen LogP contribution in [0.3, 0.4) is 0 Å². The first-order valence-electron chi connectivity index (χ1n) is 7.86. The van der Waals surface area contributed by atoms with E-state index in [1.54, 1.807) is 24.3 Å². The highest BCUT2D eigenvalue weighted by Gasteiger charge is 2.24. The molecule has 4 amide bonds. The molecule has 2 fully saturated rings. The second-order valence-electron chi connectivity index (χ2n) is 5.82. The van der Waals surface area contributed by atoms with Crippen molar-refractivity contribution in [1.29, 1.82) is 0 Å². The molecule has 3 N–H and O–H groups in total. The van der Waals surface area contributed by atoms with Crippen molar-refractivity contribution in [2.75, 3.05) is 29.9 Å². The first kappa shape index (κ1) is 15.5. The Morgan fingerprint density at radius 3 is 2.48 bits per heavy atom. The van der Waals surface area contributed by atoms with Crippen LogP contribution in [-0.4, -0.2) is 37.5 Å². The van der Waals surface area contributed by atoms with Crippen molar-refractivity contribution >= 4 is 29.2 Å².